The van der Waals surface area contributed by atoms with E-state index in [9.17, 15) is 4.39 Å². The van der Waals surface area contributed by atoms with Crippen LogP contribution in [-0.4, -0.2) is 31.2 Å². The van der Waals surface area contributed by atoms with Gasteiger partial charge in [0.15, 0.2) is 17.4 Å². The highest BCUT2D eigenvalue weighted by Gasteiger charge is 2.10. The number of hydrogen-bond donors (Lipinski definition) is 1. The fourth-order valence-electron chi connectivity index (χ4n) is 1.78. The molecule has 0 aliphatic rings. The molecule has 0 radical (unpaired) electrons. The molecule has 0 unspecified atom stereocenters. The van der Waals surface area contributed by atoms with E-state index in [2.05, 4.69) is 15.3 Å². The third-order valence-electron chi connectivity index (χ3n) is 2.74. The lowest BCUT2D eigenvalue weighted by molar-refractivity contribution is 0.181. The van der Waals surface area contributed by atoms with Gasteiger partial charge < -0.3 is 14.8 Å². The quantitative estimate of drug-likeness (QED) is 0.910. The van der Waals surface area contributed by atoms with Crippen LogP contribution in [0.4, 0.5) is 10.2 Å². The minimum Gasteiger partial charge on any atom is -0.494 e. The Kier molecular flexibility index (Phi) is 4.47. The van der Waals surface area contributed by atoms with E-state index < -0.39 is 5.82 Å². The van der Waals surface area contributed by atoms with E-state index in [0.717, 1.165) is 5.69 Å². The molecule has 0 amide bonds. The van der Waals surface area contributed by atoms with Gasteiger partial charge in [0.05, 0.1) is 19.4 Å². The molecule has 0 saturated heterocycles. The first kappa shape index (κ1) is 14.2. The maximum atomic E-state index is 13.7. The topological polar surface area (TPSA) is 56.3 Å². The number of methoxy groups -OCH3 is 2. The van der Waals surface area contributed by atoms with E-state index in [1.54, 1.807) is 32.4 Å². The van der Waals surface area contributed by atoms with Crippen LogP contribution in [-0.2, 0) is 11.3 Å². The van der Waals surface area contributed by atoms with E-state index in [1.807, 2.05) is 0 Å². The summed E-state index contributed by atoms with van der Waals surface area (Å²) in [5, 5.41) is 2.95. The Morgan fingerprint density at radius 3 is 2.60 bits per heavy atom. The average molecular weight is 277 g/mol. The van der Waals surface area contributed by atoms with Gasteiger partial charge in [0, 0.05) is 25.8 Å². The summed E-state index contributed by atoms with van der Waals surface area (Å²) in [5.74, 6) is 0.830. The van der Waals surface area contributed by atoms with Gasteiger partial charge in [-0.1, -0.05) is 0 Å². The third-order valence-corrected chi connectivity index (χ3v) is 2.74. The average Bonchev–Trinajstić information content (AvgIpc) is 2.47. The van der Waals surface area contributed by atoms with Gasteiger partial charge in [0.1, 0.15) is 5.82 Å². The van der Waals surface area contributed by atoms with Gasteiger partial charge in [-0.25, -0.2) is 14.4 Å². The summed E-state index contributed by atoms with van der Waals surface area (Å²) in [6, 6.07) is 6.40. The molecular weight excluding hydrogens is 261 g/mol. The second-order valence-corrected chi connectivity index (χ2v) is 4.10. The van der Waals surface area contributed by atoms with Crippen molar-refractivity contribution in [3.63, 3.8) is 0 Å². The molecular formula is C14H16FN3O2. The molecule has 1 aromatic carbocycles. The molecule has 0 saturated carbocycles. The van der Waals surface area contributed by atoms with Crippen molar-refractivity contribution < 1.29 is 13.9 Å². The molecule has 2 rings (SSSR count). The first-order chi connectivity index (χ1) is 9.67. The van der Waals surface area contributed by atoms with Crippen molar-refractivity contribution in [1.82, 2.24) is 9.97 Å². The lowest BCUT2D eigenvalue weighted by atomic mass is 10.2. The van der Waals surface area contributed by atoms with Crippen molar-refractivity contribution in [3.05, 3.63) is 35.8 Å². The van der Waals surface area contributed by atoms with Crippen LogP contribution in [0.25, 0.3) is 11.4 Å². The van der Waals surface area contributed by atoms with Gasteiger partial charge in [-0.2, -0.15) is 0 Å². The molecule has 1 heterocycles. The molecule has 20 heavy (non-hydrogen) atoms. The van der Waals surface area contributed by atoms with Gasteiger partial charge in [0.2, 0.25) is 0 Å². The molecule has 5 nitrogen and oxygen atoms in total. The van der Waals surface area contributed by atoms with Crippen LogP contribution in [0.5, 0.6) is 5.75 Å². The number of rotatable bonds is 5. The Bertz CT molecular complexity index is 605. The summed E-state index contributed by atoms with van der Waals surface area (Å²) >= 11 is 0. The van der Waals surface area contributed by atoms with Gasteiger partial charge in [0.25, 0.3) is 0 Å². The molecule has 0 bridgehead atoms. The highest BCUT2D eigenvalue weighted by atomic mass is 19.1. The maximum absolute atomic E-state index is 13.7. The molecule has 0 fully saturated rings. The third kappa shape index (κ3) is 3.03. The lowest BCUT2D eigenvalue weighted by Gasteiger charge is -2.08. The first-order valence-corrected chi connectivity index (χ1v) is 6.06. The second kappa shape index (κ2) is 6.29. The minimum atomic E-state index is -0.447. The van der Waals surface area contributed by atoms with Crippen LogP contribution in [0.1, 0.15) is 5.69 Å². The summed E-state index contributed by atoms with van der Waals surface area (Å²) in [6.45, 7) is 0.364. The van der Waals surface area contributed by atoms with Crippen LogP contribution in [0.15, 0.2) is 24.3 Å². The van der Waals surface area contributed by atoms with Gasteiger partial charge >= 0.3 is 0 Å². The lowest BCUT2D eigenvalue weighted by Crippen LogP contribution is -2.02. The molecule has 0 atom stereocenters. The summed E-state index contributed by atoms with van der Waals surface area (Å²) < 4.78 is 23.7. The number of nitrogens with zero attached hydrogens (tertiary/aromatic N) is 2. The molecule has 0 aliphatic carbocycles. The number of aromatic nitrogens is 2. The molecule has 0 aliphatic heterocycles. The minimum absolute atomic E-state index is 0.190. The summed E-state index contributed by atoms with van der Waals surface area (Å²) in [5.41, 5.74) is 1.30. The van der Waals surface area contributed by atoms with Crippen molar-refractivity contribution >= 4 is 5.82 Å². The fourth-order valence-corrected chi connectivity index (χ4v) is 1.78. The van der Waals surface area contributed by atoms with E-state index in [1.165, 1.54) is 13.2 Å². The number of nitrogens with one attached hydrogen (secondary N) is 1. The molecule has 106 valence electrons. The first-order valence-electron chi connectivity index (χ1n) is 6.06. The van der Waals surface area contributed by atoms with Crippen molar-refractivity contribution in [1.29, 1.82) is 0 Å². The maximum Gasteiger partial charge on any atom is 0.165 e. The van der Waals surface area contributed by atoms with E-state index in [0.29, 0.717) is 23.8 Å². The Hall–Kier alpha value is -2.21. The summed E-state index contributed by atoms with van der Waals surface area (Å²) in [7, 11) is 4.78. The number of benzene rings is 1. The standard InChI is InChI=1S/C14H16FN3O2/c1-16-13-7-10(8-19-2)17-14(18-13)9-4-5-12(20-3)11(15)6-9/h4-7H,8H2,1-3H3,(H,16,17,18). The zero-order valence-electron chi connectivity index (χ0n) is 11.6. The van der Waals surface area contributed by atoms with Crippen LogP contribution in [0, 0.1) is 5.82 Å². The number of ether oxygens (including phenoxy) is 2. The van der Waals surface area contributed by atoms with Gasteiger partial charge in [-0.15, -0.1) is 0 Å². The van der Waals surface area contributed by atoms with E-state index in [-0.39, 0.29) is 5.75 Å². The molecule has 0 spiro atoms. The summed E-state index contributed by atoms with van der Waals surface area (Å²) in [6.07, 6.45) is 0. The predicted octanol–water partition coefficient (Wildman–Crippen LogP) is 2.48. The predicted molar refractivity (Wildman–Crippen MR) is 74.2 cm³/mol. The molecule has 1 N–H and O–H groups in total. The van der Waals surface area contributed by atoms with E-state index in [4.69, 9.17) is 9.47 Å². The number of anilines is 1. The molecule has 6 heteroatoms. The largest absolute Gasteiger partial charge is 0.494 e. The highest BCUT2D eigenvalue weighted by molar-refractivity contribution is 5.59. The van der Waals surface area contributed by atoms with E-state index >= 15 is 0 Å². The van der Waals surface area contributed by atoms with Crippen molar-refractivity contribution in [3.8, 4) is 17.1 Å². The highest BCUT2D eigenvalue weighted by Crippen LogP contribution is 2.24. The zero-order chi connectivity index (χ0) is 14.5. The Morgan fingerprint density at radius 1 is 1.20 bits per heavy atom. The zero-order valence-corrected chi connectivity index (χ0v) is 11.6. The van der Waals surface area contributed by atoms with Crippen LogP contribution in [0.2, 0.25) is 0 Å². The Morgan fingerprint density at radius 2 is 2.00 bits per heavy atom. The summed E-state index contributed by atoms with van der Waals surface area (Å²) in [4.78, 5) is 8.67. The van der Waals surface area contributed by atoms with Crippen LogP contribution >= 0.6 is 0 Å². The normalized spacial score (nSPS) is 10.4. The van der Waals surface area contributed by atoms with Gasteiger partial charge in [-0.05, 0) is 18.2 Å². The smallest absolute Gasteiger partial charge is 0.165 e. The Labute approximate surface area is 116 Å². The number of halogens is 1. The number of hydrogen-bond acceptors (Lipinski definition) is 5. The van der Waals surface area contributed by atoms with Gasteiger partial charge in [-0.3, -0.25) is 0 Å². The van der Waals surface area contributed by atoms with Crippen LogP contribution < -0.4 is 10.1 Å². The molecule has 2 aromatic rings. The fraction of sp³-hybridized carbons (Fsp3) is 0.286. The SMILES string of the molecule is CNc1cc(COC)nc(-c2ccc(OC)c(F)c2)n1. The molecule has 1 aromatic heterocycles. The van der Waals surface area contributed by atoms with Crippen molar-refractivity contribution in [2.75, 3.05) is 26.6 Å². The monoisotopic (exact) mass is 277 g/mol. The van der Waals surface area contributed by atoms with Crippen LogP contribution in [0.3, 0.4) is 0 Å². The Balaban J connectivity index is 2.45. The second-order valence-electron chi connectivity index (χ2n) is 4.10. The van der Waals surface area contributed by atoms with Crippen molar-refractivity contribution in [2.45, 2.75) is 6.61 Å². The van der Waals surface area contributed by atoms with Crippen molar-refractivity contribution in [2.24, 2.45) is 0 Å².